The van der Waals surface area contributed by atoms with Crippen molar-refractivity contribution in [2.45, 2.75) is 49.9 Å². The van der Waals surface area contributed by atoms with Crippen molar-refractivity contribution in [2.24, 2.45) is 5.41 Å². The first kappa shape index (κ1) is 11.5. The lowest BCUT2D eigenvalue weighted by Gasteiger charge is -2.41. The van der Waals surface area contributed by atoms with Gasteiger partial charge in [-0.1, -0.05) is 24.3 Å². The fourth-order valence-electron chi connectivity index (χ4n) is 4.33. The molecule has 3 heteroatoms. The smallest absolute Gasteiger partial charge is 0.115 e. The van der Waals surface area contributed by atoms with Crippen molar-refractivity contribution in [3.8, 4) is 6.07 Å². The van der Waals surface area contributed by atoms with Crippen LogP contribution < -0.4 is 0 Å². The Bertz CT molecular complexity index is 551. The average Bonchev–Trinajstić information content (AvgIpc) is 3.09. The summed E-state index contributed by atoms with van der Waals surface area (Å²) in [6.07, 6.45) is 3.92. The predicted octanol–water partition coefficient (Wildman–Crippen LogP) is 1.98. The minimum Gasteiger partial charge on any atom is -0.387 e. The van der Waals surface area contributed by atoms with Crippen LogP contribution >= 0.6 is 0 Å². The van der Waals surface area contributed by atoms with Crippen molar-refractivity contribution in [3.63, 3.8) is 0 Å². The third kappa shape index (κ3) is 1.34. The Labute approximate surface area is 112 Å². The molecule has 3 nitrogen and oxygen atoms in total. The Balaban J connectivity index is 1.75. The van der Waals surface area contributed by atoms with E-state index in [0.717, 1.165) is 12.8 Å². The van der Waals surface area contributed by atoms with Crippen LogP contribution in [0.1, 0.15) is 30.4 Å². The largest absolute Gasteiger partial charge is 0.387 e. The van der Waals surface area contributed by atoms with E-state index in [2.05, 4.69) is 18.2 Å². The number of nitrogens with zero attached hydrogens (tertiary/aromatic N) is 1. The van der Waals surface area contributed by atoms with E-state index in [1.807, 2.05) is 12.1 Å². The SMILES string of the molecule is N#CC1(C2(O)Cc3ccccc3C2)CC2CCC1O2. The number of rotatable bonds is 1. The molecule has 4 rings (SSSR count). The Morgan fingerprint density at radius 1 is 1.21 bits per heavy atom. The van der Waals surface area contributed by atoms with E-state index in [9.17, 15) is 10.4 Å². The first-order valence-electron chi connectivity index (χ1n) is 7.03. The maximum atomic E-state index is 11.2. The van der Waals surface area contributed by atoms with E-state index in [-0.39, 0.29) is 12.2 Å². The number of hydrogen-bond donors (Lipinski definition) is 1. The van der Waals surface area contributed by atoms with Crippen LogP contribution in [0.3, 0.4) is 0 Å². The molecule has 2 fully saturated rings. The van der Waals surface area contributed by atoms with Gasteiger partial charge in [-0.15, -0.1) is 0 Å². The van der Waals surface area contributed by atoms with Crippen LogP contribution in [-0.2, 0) is 17.6 Å². The van der Waals surface area contributed by atoms with Gasteiger partial charge < -0.3 is 9.84 Å². The molecule has 3 aliphatic rings. The summed E-state index contributed by atoms with van der Waals surface area (Å²) in [4.78, 5) is 0. The highest BCUT2D eigenvalue weighted by atomic mass is 16.5. The number of benzene rings is 1. The minimum atomic E-state index is -0.953. The Kier molecular flexibility index (Phi) is 2.17. The second-order valence-corrected chi connectivity index (χ2v) is 6.27. The van der Waals surface area contributed by atoms with Crippen LogP contribution in [0.2, 0.25) is 0 Å². The molecular weight excluding hydrogens is 238 g/mol. The fourth-order valence-corrected chi connectivity index (χ4v) is 4.33. The quantitative estimate of drug-likeness (QED) is 0.834. The number of ether oxygens (including phenoxy) is 1. The Morgan fingerprint density at radius 2 is 1.89 bits per heavy atom. The van der Waals surface area contributed by atoms with Crippen LogP contribution in [0.5, 0.6) is 0 Å². The second kappa shape index (κ2) is 3.59. The second-order valence-electron chi connectivity index (χ2n) is 6.27. The Morgan fingerprint density at radius 3 is 2.37 bits per heavy atom. The van der Waals surface area contributed by atoms with Gasteiger partial charge in [0.25, 0.3) is 0 Å². The molecule has 0 radical (unpaired) electrons. The van der Waals surface area contributed by atoms with Crippen LogP contribution in [-0.4, -0.2) is 22.9 Å². The summed E-state index contributed by atoms with van der Waals surface area (Å²) in [7, 11) is 0. The first-order valence-corrected chi connectivity index (χ1v) is 7.03. The van der Waals surface area contributed by atoms with E-state index in [1.54, 1.807) is 0 Å². The lowest BCUT2D eigenvalue weighted by Crippen LogP contribution is -2.53. The molecule has 1 aliphatic carbocycles. The summed E-state index contributed by atoms with van der Waals surface area (Å²) in [5.41, 5.74) is 0.699. The summed E-state index contributed by atoms with van der Waals surface area (Å²) in [5, 5.41) is 20.9. The number of aliphatic hydroxyl groups is 1. The van der Waals surface area contributed by atoms with Gasteiger partial charge in [-0.2, -0.15) is 5.26 Å². The number of hydrogen-bond acceptors (Lipinski definition) is 3. The van der Waals surface area contributed by atoms with Gasteiger partial charge in [0.1, 0.15) is 5.41 Å². The number of fused-ring (bicyclic) bond motifs is 3. The molecule has 2 saturated heterocycles. The maximum Gasteiger partial charge on any atom is 0.115 e. The van der Waals surface area contributed by atoms with Gasteiger partial charge in [-0.05, 0) is 30.4 Å². The average molecular weight is 255 g/mol. The van der Waals surface area contributed by atoms with Gasteiger partial charge in [-0.3, -0.25) is 0 Å². The van der Waals surface area contributed by atoms with Crippen molar-refractivity contribution >= 4 is 0 Å². The topological polar surface area (TPSA) is 53.2 Å². The molecule has 2 aliphatic heterocycles. The van der Waals surface area contributed by atoms with Crippen molar-refractivity contribution in [1.29, 1.82) is 5.26 Å². The van der Waals surface area contributed by atoms with Crippen molar-refractivity contribution < 1.29 is 9.84 Å². The predicted molar refractivity (Wildman–Crippen MR) is 69.4 cm³/mol. The van der Waals surface area contributed by atoms with E-state index in [0.29, 0.717) is 19.3 Å². The zero-order chi connectivity index (χ0) is 13.1. The third-order valence-electron chi connectivity index (χ3n) is 5.32. The highest BCUT2D eigenvalue weighted by Crippen LogP contribution is 2.56. The van der Waals surface area contributed by atoms with E-state index in [4.69, 9.17) is 4.74 Å². The molecule has 0 saturated carbocycles. The molecule has 2 bridgehead atoms. The molecule has 98 valence electrons. The van der Waals surface area contributed by atoms with Gasteiger partial charge in [0.15, 0.2) is 0 Å². The van der Waals surface area contributed by atoms with Crippen molar-refractivity contribution in [1.82, 2.24) is 0 Å². The molecule has 1 aromatic carbocycles. The zero-order valence-electron chi connectivity index (χ0n) is 10.8. The first-order chi connectivity index (χ1) is 9.17. The Hall–Kier alpha value is -1.37. The number of nitriles is 1. The molecule has 1 aromatic rings. The molecule has 0 spiro atoms. The van der Waals surface area contributed by atoms with Gasteiger partial charge in [0.2, 0.25) is 0 Å². The van der Waals surface area contributed by atoms with Gasteiger partial charge in [0, 0.05) is 12.8 Å². The van der Waals surface area contributed by atoms with Crippen LogP contribution in [0.15, 0.2) is 24.3 Å². The highest BCUT2D eigenvalue weighted by molar-refractivity contribution is 5.39. The maximum absolute atomic E-state index is 11.2. The van der Waals surface area contributed by atoms with Crippen molar-refractivity contribution in [2.75, 3.05) is 0 Å². The lowest BCUT2D eigenvalue weighted by molar-refractivity contribution is -0.0775. The monoisotopic (exact) mass is 255 g/mol. The molecule has 3 atom stereocenters. The van der Waals surface area contributed by atoms with Gasteiger partial charge >= 0.3 is 0 Å². The zero-order valence-corrected chi connectivity index (χ0v) is 10.8. The van der Waals surface area contributed by atoms with E-state index < -0.39 is 11.0 Å². The van der Waals surface area contributed by atoms with Crippen LogP contribution in [0.4, 0.5) is 0 Å². The standard InChI is InChI=1S/C16H17NO2/c17-10-15(9-13-5-6-14(15)19-13)16(18)7-11-3-1-2-4-12(11)8-16/h1-4,13-14,18H,5-9H2. The molecule has 2 heterocycles. The van der Waals surface area contributed by atoms with E-state index in [1.165, 1.54) is 11.1 Å². The van der Waals surface area contributed by atoms with E-state index >= 15 is 0 Å². The molecule has 3 unspecified atom stereocenters. The van der Waals surface area contributed by atoms with Gasteiger partial charge in [0.05, 0.1) is 23.9 Å². The molecule has 19 heavy (non-hydrogen) atoms. The minimum absolute atomic E-state index is 0.0817. The van der Waals surface area contributed by atoms with Crippen LogP contribution in [0.25, 0.3) is 0 Å². The molecular formula is C16H17NO2. The summed E-state index contributed by atoms with van der Waals surface area (Å²) in [6.45, 7) is 0. The third-order valence-corrected chi connectivity index (χ3v) is 5.32. The molecule has 0 amide bonds. The van der Waals surface area contributed by atoms with Gasteiger partial charge in [-0.25, -0.2) is 0 Å². The summed E-state index contributed by atoms with van der Waals surface area (Å²) >= 11 is 0. The molecule has 0 aromatic heterocycles. The lowest BCUT2D eigenvalue weighted by atomic mass is 9.62. The van der Waals surface area contributed by atoms with Crippen LogP contribution in [0, 0.1) is 16.7 Å². The fraction of sp³-hybridized carbons (Fsp3) is 0.562. The van der Waals surface area contributed by atoms with Crippen molar-refractivity contribution in [3.05, 3.63) is 35.4 Å². The summed E-state index contributed by atoms with van der Waals surface area (Å²) in [6, 6.07) is 10.6. The normalized spacial score (nSPS) is 38.1. The highest BCUT2D eigenvalue weighted by Gasteiger charge is 2.64. The summed E-state index contributed by atoms with van der Waals surface area (Å²) < 4.78 is 5.87. The molecule has 1 N–H and O–H groups in total. The summed E-state index contributed by atoms with van der Waals surface area (Å²) in [5.74, 6) is 0.